The molecule has 0 aliphatic carbocycles. The number of carboxylic acid groups (broad SMARTS) is 1. The molecular formula is C17H15N3O6S2. The Kier molecular flexibility index (Phi) is 5.04. The Hall–Kier alpha value is -3.05. The first-order valence-corrected chi connectivity index (χ1v) is 10.3. The van der Waals surface area contributed by atoms with Gasteiger partial charge in [-0.05, 0) is 26.0 Å². The maximum Gasteiger partial charge on any atom is 0.337 e. The molecule has 0 fully saturated rings. The smallest absolute Gasteiger partial charge is 0.337 e. The zero-order valence-electron chi connectivity index (χ0n) is 14.8. The lowest BCUT2D eigenvalue weighted by molar-refractivity contribution is -0.120. The number of rotatable bonds is 5. The largest absolute Gasteiger partial charge is 0.478 e. The van der Waals surface area contributed by atoms with Gasteiger partial charge in [0.2, 0.25) is 0 Å². The normalized spacial score (nSPS) is 11.5. The summed E-state index contributed by atoms with van der Waals surface area (Å²) in [5.41, 5.74) is -0.0696. The van der Waals surface area contributed by atoms with Crippen LogP contribution in [0.1, 0.15) is 21.7 Å². The van der Waals surface area contributed by atoms with Gasteiger partial charge in [0.25, 0.3) is 21.5 Å². The van der Waals surface area contributed by atoms with E-state index in [1.807, 2.05) is 4.72 Å². The quantitative estimate of drug-likeness (QED) is 0.633. The van der Waals surface area contributed by atoms with Crippen molar-refractivity contribution in [3.63, 3.8) is 0 Å². The van der Waals surface area contributed by atoms with E-state index >= 15 is 0 Å². The van der Waals surface area contributed by atoms with Crippen LogP contribution in [0.5, 0.6) is 0 Å². The third-order valence-electron chi connectivity index (χ3n) is 4.00. The minimum atomic E-state index is -4.10. The summed E-state index contributed by atoms with van der Waals surface area (Å²) in [6.45, 7) is 2.65. The van der Waals surface area contributed by atoms with E-state index in [1.165, 1.54) is 24.4 Å². The molecule has 146 valence electrons. The van der Waals surface area contributed by atoms with Crippen molar-refractivity contribution < 1.29 is 23.1 Å². The highest BCUT2D eigenvalue weighted by atomic mass is 32.2. The number of benzene rings is 1. The van der Waals surface area contributed by atoms with Crippen LogP contribution in [0.3, 0.4) is 0 Å². The van der Waals surface area contributed by atoms with Gasteiger partial charge in [-0.3, -0.25) is 14.2 Å². The average Bonchev–Trinajstić information content (AvgIpc) is 3.02. The number of sulfonamides is 1. The van der Waals surface area contributed by atoms with Crippen LogP contribution in [0, 0.1) is 13.8 Å². The van der Waals surface area contributed by atoms with Crippen LogP contribution in [0.4, 0.5) is 0 Å². The molecule has 0 saturated carbocycles. The van der Waals surface area contributed by atoms with Gasteiger partial charge in [-0.2, -0.15) is 0 Å². The summed E-state index contributed by atoms with van der Waals surface area (Å²) in [4.78, 5) is 40.5. The van der Waals surface area contributed by atoms with Crippen LogP contribution in [-0.2, 0) is 21.4 Å². The highest BCUT2D eigenvalue weighted by Gasteiger charge is 2.22. The molecule has 0 atom stereocenters. The first-order chi connectivity index (χ1) is 13.1. The number of amides is 1. The molecule has 0 aliphatic rings. The van der Waals surface area contributed by atoms with Gasteiger partial charge in [0.1, 0.15) is 17.2 Å². The predicted molar refractivity (Wildman–Crippen MR) is 102 cm³/mol. The van der Waals surface area contributed by atoms with Gasteiger partial charge >= 0.3 is 5.97 Å². The maximum absolute atomic E-state index is 12.7. The van der Waals surface area contributed by atoms with Crippen molar-refractivity contribution in [3.8, 4) is 0 Å². The zero-order chi connectivity index (χ0) is 20.6. The van der Waals surface area contributed by atoms with E-state index in [2.05, 4.69) is 4.98 Å². The number of nitrogens with zero attached hydrogens (tertiary/aromatic N) is 2. The number of aryl methyl sites for hydroxylation is 2. The molecule has 1 amide bonds. The summed E-state index contributed by atoms with van der Waals surface area (Å²) >= 11 is 1.00. The summed E-state index contributed by atoms with van der Waals surface area (Å²) in [5.74, 6) is -2.06. The summed E-state index contributed by atoms with van der Waals surface area (Å²) in [6, 6.07) is 5.91. The molecule has 9 nitrogen and oxygen atoms in total. The van der Waals surface area contributed by atoms with Gasteiger partial charge in [-0.25, -0.2) is 22.9 Å². The summed E-state index contributed by atoms with van der Waals surface area (Å²) < 4.78 is 27.5. The third kappa shape index (κ3) is 3.66. The molecule has 28 heavy (non-hydrogen) atoms. The molecule has 2 heterocycles. The molecule has 0 spiro atoms. The SMILES string of the molecule is Cc1ccc(S(=O)(=O)NC(=O)Cn2c(C)nc3scc(C(=O)O)c3c2=O)cc1. The van der Waals surface area contributed by atoms with E-state index in [-0.39, 0.29) is 26.5 Å². The van der Waals surface area contributed by atoms with Crippen molar-refractivity contribution >= 4 is 43.5 Å². The van der Waals surface area contributed by atoms with E-state index in [0.717, 1.165) is 21.5 Å². The topological polar surface area (TPSA) is 135 Å². The Morgan fingerprint density at radius 3 is 2.46 bits per heavy atom. The Morgan fingerprint density at radius 2 is 1.86 bits per heavy atom. The summed E-state index contributed by atoms with van der Waals surface area (Å²) in [5, 5.41) is 10.4. The number of fused-ring (bicyclic) bond motifs is 1. The van der Waals surface area contributed by atoms with Gasteiger partial charge in [-0.1, -0.05) is 17.7 Å². The van der Waals surface area contributed by atoms with E-state index < -0.39 is 34.0 Å². The third-order valence-corrected chi connectivity index (χ3v) is 6.26. The Morgan fingerprint density at radius 1 is 1.21 bits per heavy atom. The molecule has 0 radical (unpaired) electrons. The van der Waals surface area contributed by atoms with Gasteiger partial charge in [0.05, 0.1) is 15.8 Å². The standard InChI is InChI=1S/C17H15N3O6S2/c1-9-3-5-11(6-4-9)28(25,26)19-13(21)7-20-10(2)18-15-14(16(20)22)12(8-27-15)17(23)24/h3-6,8H,7H2,1-2H3,(H,19,21)(H,23,24). The number of nitrogens with one attached hydrogen (secondary N) is 1. The second-order valence-electron chi connectivity index (χ2n) is 6.03. The van der Waals surface area contributed by atoms with Crippen LogP contribution in [-0.4, -0.2) is 35.0 Å². The van der Waals surface area contributed by atoms with Crippen molar-refractivity contribution in [1.82, 2.24) is 14.3 Å². The zero-order valence-corrected chi connectivity index (χ0v) is 16.4. The molecule has 0 aliphatic heterocycles. The van der Waals surface area contributed by atoms with E-state index in [4.69, 9.17) is 0 Å². The summed E-state index contributed by atoms with van der Waals surface area (Å²) in [7, 11) is -4.10. The molecule has 2 N–H and O–H groups in total. The monoisotopic (exact) mass is 421 g/mol. The van der Waals surface area contributed by atoms with Crippen LogP contribution < -0.4 is 10.3 Å². The molecular weight excluding hydrogens is 406 g/mol. The second-order valence-corrected chi connectivity index (χ2v) is 8.57. The second kappa shape index (κ2) is 7.17. The maximum atomic E-state index is 12.7. The number of carbonyl (C=O) groups excluding carboxylic acids is 1. The molecule has 3 rings (SSSR count). The van der Waals surface area contributed by atoms with Gasteiger partial charge in [0.15, 0.2) is 0 Å². The lowest BCUT2D eigenvalue weighted by atomic mass is 10.2. The van der Waals surface area contributed by atoms with Crippen molar-refractivity contribution in [3.05, 3.63) is 57.0 Å². The fourth-order valence-corrected chi connectivity index (χ4v) is 4.50. The van der Waals surface area contributed by atoms with Crippen LogP contribution in [0.25, 0.3) is 10.2 Å². The number of aromatic nitrogens is 2. The predicted octanol–water partition coefficient (Wildman–Crippen LogP) is 1.28. The number of thiophene rings is 1. The number of hydrogen-bond acceptors (Lipinski definition) is 7. The Labute approximate surface area is 163 Å². The van der Waals surface area contributed by atoms with E-state index in [0.29, 0.717) is 0 Å². The minimum Gasteiger partial charge on any atom is -0.478 e. The van der Waals surface area contributed by atoms with Crippen LogP contribution in [0.2, 0.25) is 0 Å². The highest BCUT2D eigenvalue weighted by Crippen LogP contribution is 2.21. The molecule has 0 bridgehead atoms. The van der Waals surface area contributed by atoms with Crippen LogP contribution in [0.15, 0.2) is 39.3 Å². The fourth-order valence-electron chi connectivity index (χ4n) is 2.57. The average molecular weight is 421 g/mol. The first kappa shape index (κ1) is 19.7. The molecule has 3 aromatic rings. The fraction of sp³-hybridized carbons (Fsp3) is 0.176. The molecule has 2 aromatic heterocycles. The Balaban J connectivity index is 1.93. The Bertz CT molecular complexity index is 1260. The highest BCUT2D eigenvalue weighted by molar-refractivity contribution is 7.90. The molecule has 0 saturated heterocycles. The lowest BCUT2D eigenvalue weighted by Crippen LogP contribution is -2.37. The first-order valence-electron chi connectivity index (χ1n) is 7.94. The molecule has 0 unspecified atom stereocenters. The van der Waals surface area contributed by atoms with Crippen molar-refractivity contribution in [2.45, 2.75) is 25.3 Å². The van der Waals surface area contributed by atoms with Gasteiger partial charge in [-0.15, -0.1) is 11.3 Å². The van der Waals surface area contributed by atoms with E-state index in [9.17, 15) is 27.9 Å². The number of aromatic carboxylic acids is 1. The number of carboxylic acids is 1. The van der Waals surface area contributed by atoms with E-state index in [1.54, 1.807) is 19.1 Å². The van der Waals surface area contributed by atoms with Crippen LogP contribution >= 0.6 is 11.3 Å². The van der Waals surface area contributed by atoms with Crippen molar-refractivity contribution in [1.29, 1.82) is 0 Å². The molecule has 11 heteroatoms. The molecule has 1 aromatic carbocycles. The van der Waals surface area contributed by atoms with Crippen molar-refractivity contribution in [2.75, 3.05) is 0 Å². The van der Waals surface area contributed by atoms with Gasteiger partial charge < -0.3 is 5.11 Å². The van der Waals surface area contributed by atoms with Crippen molar-refractivity contribution in [2.24, 2.45) is 0 Å². The minimum absolute atomic E-state index is 0.0879. The van der Waals surface area contributed by atoms with Gasteiger partial charge in [0, 0.05) is 5.38 Å². The lowest BCUT2D eigenvalue weighted by Gasteiger charge is -2.11. The number of hydrogen-bond donors (Lipinski definition) is 2. The number of carbonyl (C=O) groups is 2. The summed E-state index contributed by atoms with van der Waals surface area (Å²) in [6.07, 6.45) is 0.